The van der Waals surface area contributed by atoms with Crippen LogP contribution in [0.25, 0.3) is 0 Å². The molecule has 5 nitrogen and oxygen atoms in total. The number of nitrogens with zero attached hydrogens (tertiary/aromatic N) is 3. The number of benzene rings is 1. The van der Waals surface area contributed by atoms with Gasteiger partial charge in [-0.3, -0.25) is 9.69 Å². The summed E-state index contributed by atoms with van der Waals surface area (Å²) in [7, 11) is 0. The summed E-state index contributed by atoms with van der Waals surface area (Å²) in [5.74, 6) is 1.38. The van der Waals surface area contributed by atoms with Crippen molar-refractivity contribution in [2.24, 2.45) is 5.41 Å². The Labute approximate surface area is 184 Å². The van der Waals surface area contributed by atoms with Crippen LogP contribution in [0.1, 0.15) is 67.1 Å². The van der Waals surface area contributed by atoms with Crippen LogP contribution in [0.15, 0.2) is 29.1 Å². The second kappa shape index (κ2) is 7.47. The summed E-state index contributed by atoms with van der Waals surface area (Å²) in [6.07, 6.45) is 9.30. The third kappa shape index (κ3) is 3.71. The van der Waals surface area contributed by atoms with Gasteiger partial charge in [-0.05, 0) is 75.8 Å². The Hall–Kier alpha value is -2.14. The first-order valence-corrected chi connectivity index (χ1v) is 12.3. The quantitative estimate of drug-likeness (QED) is 0.824. The largest absolute Gasteiger partial charge is 0.369 e. The van der Waals surface area contributed by atoms with E-state index < -0.39 is 0 Å². The van der Waals surface area contributed by atoms with Gasteiger partial charge in [0.1, 0.15) is 5.82 Å². The Balaban J connectivity index is 1.09. The highest BCUT2D eigenvalue weighted by atomic mass is 16.1. The topological polar surface area (TPSA) is 52.2 Å². The molecule has 3 fully saturated rings. The number of aromatic nitrogens is 2. The normalized spacial score (nSPS) is 27.5. The van der Waals surface area contributed by atoms with Crippen LogP contribution in [0.3, 0.4) is 0 Å². The van der Waals surface area contributed by atoms with Crippen LogP contribution in [0.5, 0.6) is 0 Å². The Morgan fingerprint density at radius 1 is 1.03 bits per heavy atom. The first-order chi connectivity index (χ1) is 15.1. The van der Waals surface area contributed by atoms with Gasteiger partial charge in [-0.25, -0.2) is 4.98 Å². The van der Waals surface area contributed by atoms with Crippen molar-refractivity contribution in [3.63, 3.8) is 0 Å². The SMILES string of the molecule is Cc1ccc(N2CCN([C@@H]3CC[C@H](c4nc5c(c(=O)[nH]4)CC4(CC5)CC4)C3)CC2)cc1. The summed E-state index contributed by atoms with van der Waals surface area (Å²) in [5, 5.41) is 0. The van der Waals surface area contributed by atoms with Crippen LogP contribution in [-0.2, 0) is 12.8 Å². The molecule has 1 N–H and O–H groups in total. The fourth-order valence-electron chi connectivity index (χ4n) is 6.24. The first kappa shape index (κ1) is 19.5. The molecule has 5 heteroatoms. The lowest BCUT2D eigenvalue weighted by atomic mass is 9.84. The van der Waals surface area contributed by atoms with E-state index in [-0.39, 0.29) is 5.56 Å². The number of hydrogen-bond donors (Lipinski definition) is 1. The molecule has 2 saturated carbocycles. The summed E-state index contributed by atoms with van der Waals surface area (Å²) in [5.41, 5.74) is 5.38. The molecule has 1 aromatic heterocycles. The number of hydrogen-bond acceptors (Lipinski definition) is 4. The third-order valence-electron chi connectivity index (χ3n) is 8.54. The highest BCUT2D eigenvalue weighted by molar-refractivity contribution is 5.47. The zero-order valence-electron chi connectivity index (χ0n) is 18.7. The molecular weight excluding hydrogens is 384 g/mol. The number of fused-ring (bicyclic) bond motifs is 1. The second-order valence-electron chi connectivity index (χ2n) is 10.6. The second-order valence-corrected chi connectivity index (χ2v) is 10.6. The molecule has 0 amide bonds. The fraction of sp³-hybridized carbons (Fsp3) is 0.615. The molecule has 6 rings (SSSR count). The van der Waals surface area contributed by atoms with E-state index >= 15 is 0 Å². The smallest absolute Gasteiger partial charge is 0.254 e. The van der Waals surface area contributed by atoms with Gasteiger partial charge in [-0.15, -0.1) is 0 Å². The van der Waals surface area contributed by atoms with Crippen LogP contribution in [0.2, 0.25) is 0 Å². The Morgan fingerprint density at radius 3 is 2.55 bits per heavy atom. The molecule has 1 spiro atoms. The molecule has 1 saturated heterocycles. The molecule has 1 aromatic carbocycles. The number of piperazine rings is 1. The first-order valence-electron chi connectivity index (χ1n) is 12.3. The molecule has 1 aliphatic heterocycles. The predicted octanol–water partition coefficient (Wildman–Crippen LogP) is 3.81. The number of nitrogens with one attached hydrogen (secondary N) is 1. The van der Waals surface area contributed by atoms with E-state index in [0.29, 0.717) is 17.4 Å². The van der Waals surface area contributed by atoms with Gasteiger partial charge in [0, 0.05) is 49.4 Å². The van der Waals surface area contributed by atoms with E-state index in [2.05, 4.69) is 46.0 Å². The van der Waals surface area contributed by atoms with Crippen molar-refractivity contribution >= 4 is 5.69 Å². The number of aryl methyl sites for hydroxylation is 2. The van der Waals surface area contributed by atoms with Crippen LogP contribution >= 0.6 is 0 Å². The van der Waals surface area contributed by atoms with Gasteiger partial charge in [0.25, 0.3) is 5.56 Å². The maximum atomic E-state index is 12.8. The van der Waals surface area contributed by atoms with E-state index in [1.165, 1.54) is 36.9 Å². The van der Waals surface area contributed by atoms with Crippen molar-refractivity contribution in [3.05, 3.63) is 57.3 Å². The summed E-state index contributed by atoms with van der Waals surface area (Å²) in [6.45, 7) is 6.59. The van der Waals surface area contributed by atoms with Crippen molar-refractivity contribution in [1.82, 2.24) is 14.9 Å². The van der Waals surface area contributed by atoms with Crippen LogP contribution in [-0.4, -0.2) is 47.1 Å². The molecule has 0 radical (unpaired) electrons. The molecule has 2 atom stereocenters. The number of anilines is 1. The Morgan fingerprint density at radius 2 is 1.81 bits per heavy atom. The summed E-state index contributed by atoms with van der Waals surface area (Å²) in [6, 6.07) is 9.54. The highest BCUT2D eigenvalue weighted by Crippen LogP contribution is 2.54. The lowest BCUT2D eigenvalue weighted by Crippen LogP contribution is -2.49. The number of H-pyrrole nitrogens is 1. The van der Waals surface area contributed by atoms with Gasteiger partial charge in [0.2, 0.25) is 0 Å². The summed E-state index contributed by atoms with van der Waals surface area (Å²) < 4.78 is 0. The lowest BCUT2D eigenvalue weighted by Gasteiger charge is -2.39. The maximum Gasteiger partial charge on any atom is 0.254 e. The molecule has 2 heterocycles. The Kier molecular flexibility index (Phi) is 4.71. The summed E-state index contributed by atoms with van der Waals surface area (Å²) in [4.78, 5) is 26.2. The average molecular weight is 419 g/mol. The van der Waals surface area contributed by atoms with Crippen molar-refractivity contribution < 1.29 is 0 Å². The zero-order chi connectivity index (χ0) is 21.0. The van der Waals surface area contributed by atoms with E-state index in [0.717, 1.165) is 68.9 Å². The van der Waals surface area contributed by atoms with E-state index in [9.17, 15) is 4.79 Å². The highest BCUT2D eigenvalue weighted by Gasteiger charge is 2.46. The van der Waals surface area contributed by atoms with Gasteiger partial charge in [-0.2, -0.15) is 0 Å². The number of aromatic amines is 1. The van der Waals surface area contributed by atoms with Gasteiger partial charge >= 0.3 is 0 Å². The minimum atomic E-state index is 0.154. The summed E-state index contributed by atoms with van der Waals surface area (Å²) >= 11 is 0. The molecule has 0 bridgehead atoms. The van der Waals surface area contributed by atoms with Gasteiger partial charge in [0.15, 0.2) is 0 Å². The minimum absolute atomic E-state index is 0.154. The van der Waals surface area contributed by atoms with E-state index in [1.54, 1.807) is 0 Å². The maximum absolute atomic E-state index is 12.8. The van der Waals surface area contributed by atoms with Crippen LogP contribution < -0.4 is 10.5 Å². The van der Waals surface area contributed by atoms with E-state index in [1.807, 2.05) is 0 Å². The molecular formula is C26H34N4O. The van der Waals surface area contributed by atoms with Crippen LogP contribution in [0.4, 0.5) is 5.69 Å². The lowest BCUT2D eigenvalue weighted by molar-refractivity contribution is 0.186. The predicted molar refractivity (Wildman–Crippen MR) is 124 cm³/mol. The standard InChI is InChI=1S/C26H34N4O/c1-18-2-5-20(6-3-18)29-12-14-30(15-13-29)21-7-4-19(16-21)24-27-23-8-9-26(10-11-26)17-22(23)25(31)28-24/h2-3,5-6,19,21H,4,7-17H2,1H3,(H,27,28,31)/t19-,21+/m0/s1. The van der Waals surface area contributed by atoms with Crippen LogP contribution in [0, 0.1) is 12.3 Å². The molecule has 4 aliphatic rings. The van der Waals surface area contributed by atoms with Gasteiger partial charge in [0.05, 0.1) is 5.69 Å². The monoisotopic (exact) mass is 418 g/mol. The van der Waals surface area contributed by atoms with Crippen molar-refractivity contribution in [2.45, 2.75) is 70.3 Å². The molecule has 164 valence electrons. The van der Waals surface area contributed by atoms with Crippen molar-refractivity contribution in [1.29, 1.82) is 0 Å². The van der Waals surface area contributed by atoms with Gasteiger partial charge in [-0.1, -0.05) is 17.7 Å². The minimum Gasteiger partial charge on any atom is -0.369 e. The van der Waals surface area contributed by atoms with Crippen molar-refractivity contribution in [2.75, 3.05) is 31.1 Å². The molecule has 2 aromatic rings. The molecule has 31 heavy (non-hydrogen) atoms. The average Bonchev–Trinajstić information content (AvgIpc) is 3.35. The van der Waals surface area contributed by atoms with Crippen molar-refractivity contribution in [3.8, 4) is 0 Å². The van der Waals surface area contributed by atoms with Gasteiger partial charge < -0.3 is 9.88 Å². The molecule has 0 unspecified atom stereocenters. The van der Waals surface area contributed by atoms with E-state index in [4.69, 9.17) is 4.98 Å². The fourth-order valence-corrected chi connectivity index (χ4v) is 6.24. The molecule has 3 aliphatic carbocycles. The third-order valence-corrected chi connectivity index (χ3v) is 8.54. The Bertz CT molecular complexity index is 1010. The zero-order valence-corrected chi connectivity index (χ0v) is 18.7. The number of rotatable bonds is 3.